The molecular weight excluding hydrogens is 430 g/mol. The average molecular weight is 452 g/mol. The first-order valence-corrected chi connectivity index (χ1v) is 11.7. The number of aromatic nitrogens is 4. The molecule has 0 radical (unpaired) electrons. The Morgan fingerprint density at radius 1 is 1.16 bits per heavy atom. The lowest BCUT2D eigenvalue weighted by Crippen LogP contribution is -2.37. The molecule has 10 heteroatoms. The number of hydrogen-bond donors (Lipinski definition) is 1. The summed E-state index contributed by atoms with van der Waals surface area (Å²) in [6.45, 7) is 4.00. The van der Waals surface area contributed by atoms with Crippen LogP contribution in [0.3, 0.4) is 0 Å². The molecule has 2 heterocycles. The van der Waals surface area contributed by atoms with E-state index in [1.165, 1.54) is 29.1 Å². The number of amidine groups is 1. The zero-order chi connectivity index (χ0) is 21.6. The molecule has 1 aromatic heterocycles. The predicted octanol–water partition coefficient (Wildman–Crippen LogP) is 3.46. The summed E-state index contributed by atoms with van der Waals surface area (Å²) in [5.74, 6) is 0.508. The van der Waals surface area contributed by atoms with Gasteiger partial charge in [-0.2, -0.15) is 9.78 Å². The second-order valence-electron chi connectivity index (χ2n) is 6.82. The number of nitrogens with zero attached hydrogens (tertiary/aromatic N) is 6. The third-order valence-electron chi connectivity index (χ3n) is 4.57. The molecule has 0 fully saturated rings. The molecule has 0 bridgehead atoms. The Morgan fingerprint density at radius 3 is 2.61 bits per heavy atom. The molecule has 158 valence electrons. The summed E-state index contributed by atoms with van der Waals surface area (Å²) < 4.78 is 1.63. The van der Waals surface area contributed by atoms with E-state index < -0.39 is 0 Å². The summed E-state index contributed by atoms with van der Waals surface area (Å²) in [7, 11) is 0. The molecular formula is C21H21N7OS2. The van der Waals surface area contributed by atoms with E-state index in [0.717, 1.165) is 17.0 Å². The smallest absolute Gasteiger partial charge is 0.239 e. The highest BCUT2D eigenvalue weighted by Crippen LogP contribution is 2.25. The van der Waals surface area contributed by atoms with Crippen molar-refractivity contribution in [1.29, 1.82) is 0 Å². The fourth-order valence-electron chi connectivity index (χ4n) is 2.87. The van der Waals surface area contributed by atoms with Crippen LogP contribution in [0.25, 0.3) is 5.69 Å². The highest BCUT2D eigenvalue weighted by atomic mass is 32.2. The number of benzene rings is 2. The first-order chi connectivity index (χ1) is 15.1. The fraction of sp³-hybridized carbons (Fsp3) is 0.238. The summed E-state index contributed by atoms with van der Waals surface area (Å²) in [5, 5.41) is 24.0. The zero-order valence-corrected chi connectivity index (χ0v) is 18.7. The highest BCUT2D eigenvalue weighted by molar-refractivity contribution is 8.14. The lowest BCUT2D eigenvalue weighted by Gasteiger charge is -2.16. The van der Waals surface area contributed by atoms with Crippen molar-refractivity contribution in [3.8, 4) is 5.69 Å². The maximum atomic E-state index is 12.9. The van der Waals surface area contributed by atoms with Gasteiger partial charge in [-0.05, 0) is 41.5 Å². The molecule has 1 N–H and O–H groups in total. The van der Waals surface area contributed by atoms with E-state index in [1.54, 1.807) is 4.68 Å². The van der Waals surface area contributed by atoms with Crippen molar-refractivity contribution < 1.29 is 4.79 Å². The van der Waals surface area contributed by atoms with Gasteiger partial charge in [0.25, 0.3) is 0 Å². The van der Waals surface area contributed by atoms with Crippen LogP contribution in [0.15, 0.2) is 70.0 Å². The van der Waals surface area contributed by atoms with Crippen molar-refractivity contribution in [3.05, 3.63) is 65.7 Å². The molecule has 1 atom stereocenters. The predicted molar refractivity (Wildman–Crippen MR) is 125 cm³/mol. The molecule has 31 heavy (non-hydrogen) atoms. The van der Waals surface area contributed by atoms with Crippen LogP contribution in [-0.4, -0.2) is 48.0 Å². The number of carbonyl (C=O) groups is 1. The number of hydrogen-bond acceptors (Lipinski definition) is 8. The van der Waals surface area contributed by atoms with Gasteiger partial charge in [-0.1, -0.05) is 78.5 Å². The van der Waals surface area contributed by atoms with Gasteiger partial charge < -0.3 is 5.32 Å². The number of tetrazole rings is 1. The largest absolute Gasteiger partial charge is 0.303 e. The Morgan fingerprint density at radius 2 is 1.94 bits per heavy atom. The van der Waals surface area contributed by atoms with Crippen LogP contribution in [0.1, 0.15) is 24.5 Å². The van der Waals surface area contributed by atoms with Crippen molar-refractivity contribution in [1.82, 2.24) is 25.5 Å². The SMILES string of the molecule is CCC(Sc1nnnn1-c1ccccc1)C(=O)NC1=NN=C(c2ccc(C)cc2)CS1. The van der Waals surface area contributed by atoms with Crippen LogP contribution in [0, 0.1) is 6.92 Å². The second kappa shape index (κ2) is 9.88. The summed E-state index contributed by atoms with van der Waals surface area (Å²) in [6.07, 6.45) is 0.619. The molecule has 0 aliphatic carbocycles. The Labute approximate surface area is 188 Å². The lowest BCUT2D eigenvalue weighted by atomic mass is 10.1. The summed E-state index contributed by atoms with van der Waals surface area (Å²) >= 11 is 2.79. The van der Waals surface area contributed by atoms with Gasteiger partial charge in [0.15, 0.2) is 5.17 Å². The summed E-state index contributed by atoms with van der Waals surface area (Å²) in [5.41, 5.74) is 3.98. The monoisotopic (exact) mass is 451 g/mol. The Bertz CT molecular complexity index is 1110. The number of para-hydroxylation sites is 1. The van der Waals surface area contributed by atoms with Gasteiger partial charge in [-0.15, -0.1) is 10.2 Å². The van der Waals surface area contributed by atoms with E-state index in [9.17, 15) is 4.79 Å². The fourth-order valence-corrected chi connectivity index (χ4v) is 4.55. The van der Waals surface area contributed by atoms with Crippen LogP contribution in [0.5, 0.6) is 0 Å². The second-order valence-corrected chi connectivity index (χ2v) is 8.95. The number of nitrogens with one attached hydrogen (secondary N) is 1. The van der Waals surface area contributed by atoms with Crippen molar-refractivity contribution in [2.45, 2.75) is 30.7 Å². The zero-order valence-electron chi connectivity index (χ0n) is 17.1. The maximum Gasteiger partial charge on any atom is 0.239 e. The molecule has 2 aromatic carbocycles. The Balaban J connectivity index is 1.42. The van der Waals surface area contributed by atoms with Crippen molar-refractivity contribution in [3.63, 3.8) is 0 Å². The number of carbonyl (C=O) groups excluding carboxylic acids is 1. The lowest BCUT2D eigenvalue weighted by molar-refractivity contribution is -0.119. The van der Waals surface area contributed by atoms with Crippen molar-refractivity contribution >= 4 is 40.3 Å². The topological polar surface area (TPSA) is 97.4 Å². The number of thioether (sulfide) groups is 2. The molecule has 0 saturated carbocycles. The van der Waals surface area contributed by atoms with E-state index in [4.69, 9.17) is 0 Å². The third kappa shape index (κ3) is 5.20. The Kier molecular flexibility index (Phi) is 6.78. The number of aryl methyl sites for hydroxylation is 1. The van der Waals surface area contributed by atoms with Crippen LogP contribution < -0.4 is 5.32 Å². The van der Waals surface area contributed by atoms with Crippen LogP contribution in [0.2, 0.25) is 0 Å². The van der Waals surface area contributed by atoms with Crippen LogP contribution >= 0.6 is 23.5 Å². The highest BCUT2D eigenvalue weighted by Gasteiger charge is 2.24. The van der Waals surface area contributed by atoms with Crippen molar-refractivity contribution in [2.24, 2.45) is 10.2 Å². The van der Waals surface area contributed by atoms with E-state index in [1.807, 2.05) is 56.3 Å². The standard InChI is InChI=1S/C21H21N7OS2/c1-3-18(31-21-25-26-27-28(21)16-7-5-4-6-8-16)19(29)22-20-24-23-17(13-30-20)15-11-9-14(2)10-12-15/h4-12,18H,3,13H2,1-2H3,(H,22,24,29). The van der Waals surface area contributed by atoms with Gasteiger partial charge in [0.2, 0.25) is 11.1 Å². The van der Waals surface area contributed by atoms with E-state index in [0.29, 0.717) is 22.5 Å². The molecule has 1 aliphatic heterocycles. The van der Waals surface area contributed by atoms with E-state index in [2.05, 4.69) is 43.2 Å². The van der Waals surface area contributed by atoms with Gasteiger partial charge in [0, 0.05) is 5.75 Å². The van der Waals surface area contributed by atoms with Crippen molar-refractivity contribution in [2.75, 3.05) is 5.75 Å². The third-order valence-corrected chi connectivity index (χ3v) is 6.75. The minimum atomic E-state index is -0.362. The summed E-state index contributed by atoms with van der Waals surface area (Å²) in [4.78, 5) is 12.9. The maximum absolute atomic E-state index is 12.9. The molecule has 0 spiro atoms. The van der Waals surface area contributed by atoms with Gasteiger partial charge >= 0.3 is 0 Å². The number of amides is 1. The normalized spacial score (nSPS) is 14.5. The molecule has 1 amide bonds. The van der Waals surface area contributed by atoms with E-state index >= 15 is 0 Å². The van der Waals surface area contributed by atoms with Gasteiger partial charge in [-0.3, -0.25) is 4.79 Å². The van der Waals surface area contributed by atoms with E-state index in [-0.39, 0.29) is 11.2 Å². The quantitative estimate of drug-likeness (QED) is 0.577. The molecule has 1 aliphatic rings. The number of rotatable bonds is 6. The first kappa shape index (κ1) is 21.3. The van der Waals surface area contributed by atoms with Gasteiger partial charge in [-0.25, -0.2) is 0 Å². The molecule has 0 saturated heterocycles. The molecule has 8 nitrogen and oxygen atoms in total. The molecule has 1 unspecified atom stereocenters. The minimum Gasteiger partial charge on any atom is -0.303 e. The van der Waals surface area contributed by atoms with Crippen LogP contribution in [-0.2, 0) is 4.79 Å². The molecule has 4 rings (SSSR count). The minimum absolute atomic E-state index is 0.143. The van der Waals surface area contributed by atoms with Crippen LogP contribution in [0.4, 0.5) is 0 Å². The van der Waals surface area contributed by atoms with Gasteiger partial charge in [0.1, 0.15) is 0 Å². The Hall–Kier alpha value is -2.98. The molecule has 3 aromatic rings. The van der Waals surface area contributed by atoms with Gasteiger partial charge in [0.05, 0.1) is 16.6 Å². The summed E-state index contributed by atoms with van der Waals surface area (Å²) in [6, 6.07) is 17.8. The first-order valence-electron chi connectivity index (χ1n) is 9.79. The average Bonchev–Trinajstić information content (AvgIpc) is 3.27.